The van der Waals surface area contributed by atoms with E-state index >= 15 is 0 Å². The van der Waals surface area contributed by atoms with E-state index in [1.807, 2.05) is 69.9 Å². The Morgan fingerprint density at radius 1 is 0.750 bits per heavy atom. The fourth-order valence-electron chi connectivity index (χ4n) is 2.52. The molecule has 2 saturated carbocycles. The maximum absolute atomic E-state index is 12.1. The van der Waals surface area contributed by atoms with E-state index in [0.29, 0.717) is 5.69 Å². The van der Waals surface area contributed by atoms with Crippen LogP contribution in [0.4, 0.5) is 5.69 Å². The molecule has 10 radical (unpaired) electrons. The number of anilines is 1. The summed E-state index contributed by atoms with van der Waals surface area (Å²) in [5, 5.41) is 2.62. The van der Waals surface area contributed by atoms with Gasteiger partial charge >= 0.3 is 0 Å². The first-order chi connectivity index (χ1) is 13.1. The molecule has 0 saturated heterocycles. The SMILES string of the molecule is O=C1C=CC(=O)C(C(=O)Nc2ccc([C]3[CH][CH][CH][CH]3)cc2)=C1.[CH]1[CH][CH][CH][CH]1.[Fe]. The Morgan fingerprint density at radius 3 is 1.89 bits per heavy atom. The van der Waals surface area contributed by atoms with Gasteiger partial charge in [0.1, 0.15) is 0 Å². The first kappa shape index (κ1) is 22.3. The maximum atomic E-state index is 12.1. The summed E-state index contributed by atoms with van der Waals surface area (Å²) in [6.07, 6.45) is 21.2. The van der Waals surface area contributed by atoms with Crippen molar-refractivity contribution >= 4 is 23.2 Å². The number of benzene rings is 1. The van der Waals surface area contributed by atoms with Gasteiger partial charge < -0.3 is 5.32 Å². The summed E-state index contributed by atoms with van der Waals surface area (Å²) in [5.41, 5.74) is 1.46. The van der Waals surface area contributed by atoms with Crippen LogP contribution < -0.4 is 5.32 Å². The molecular weight excluding hydrogens is 394 g/mol. The molecule has 0 spiro atoms. The van der Waals surface area contributed by atoms with E-state index in [1.54, 1.807) is 12.1 Å². The van der Waals surface area contributed by atoms with Gasteiger partial charge in [-0.3, -0.25) is 14.4 Å². The van der Waals surface area contributed by atoms with E-state index < -0.39 is 11.7 Å². The van der Waals surface area contributed by atoms with Gasteiger partial charge in [-0.05, 0) is 87.6 Å². The number of nitrogens with one attached hydrogen (secondary N) is 1. The van der Waals surface area contributed by atoms with Crippen molar-refractivity contribution in [2.24, 2.45) is 0 Å². The number of carbonyl (C=O) groups excluding carboxylic acids is 3. The number of amides is 1. The summed E-state index contributed by atoms with van der Waals surface area (Å²) >= 11 is 0. The number of allylic oxidation sites excluding steroid dienone is 3. The van der Waals surface area contributed by atoms with Gasteiger partial charge in [0.25, 0.3) is 5.91 Å². The summed E-state index contributed by atoms with van der Waals surface area (Å²) in [7, 11) is 0. The van der Waals surface area contributed by atoms with Crippen LogP contribution in [0, 0.1) is 63.7 Å². The molecule has 3 aliphatic rings. The zero-order valence-electron chi connectivity index (χ0n) is 14.8. The number of ketones is 2. The Bertz CT molecular complexity index is 747. The number of hydrogen-bond donors (Lipinski definition) is 1. The zero-order chi connectivity index (χ0) is 19.1. The normalized spacial score (nSPS) is 18.8. The van der Waals surface area contributed by atoms with Gasteiger partial charge in [-0.25, -0.2) is 0 Å². The molecule has 0 aliphatic heterocycles. The van der Waals surface area contributed by atoms with Gasteiger partial charge in [0.05, 0.1) is 5.57 Å². The Labute approximate surface area is 177 Å². The van der Waals surface area contributed by atoms with Crippen LogP contribution >= 0.6 is 0 Å². The second-order valence-corrected chi connectivity index (χ2v) is 5.83. The Kier molecular flexibility index (Phi) is 8.87. The Morgan fingerprint density at radius 2 is 1.32 bits per heavy atom. The fourth-order valence-corrected chi connectivity index (χ4v) is 2.52. The molecular formula is C23H17FeNO3. The molecule has 5 heteroatoms. The van der Waals surface area contributed by atoms with Crippen LogP contribution in [0.2, 0.25) is 0 Å². The minimum absolute atomic E-state index is 0. The van der Waals surface area contributed by atoms with Gasteiger partial charge in [-0.2, -0.15) is 0 Å². The average molecular weight is 411 g/mol. The molecule has 1 aromatic carbocycles. The van der Waals surface area contributed by atoms with Crippen molar-refractivity contribution in [3.63, 3.8) is 0 Å². The molecule has 0 atom stereocenters. The van der Waals surface area contributed by atoms with Crippen molar-refractivity contribution < 1.29 is 31.5 Å². The van der Waals surface area contributed by atoms with Crippen molar-refractivity contribution in [3.05, 3.63) is 117 Å². The van der Waals surface area contributed by atoms with E-state index in [2.05, 4.69) is 5.32 Å². The smallest absolute Gasteiger partial charge is 0.259 e. The third-order valence-corrected chi connectivity index (χ3v) is 3.89. The van der Waals surface area contributed by atoms with Crippen molar-refractivity contribution in [2.45, 2.75) is 0 Å². The predicted molar refractivity (Wildman–Crippen MR) is 103 cm³/mol. The van der Waals surface area contributed by atoms with E-state index in [9.17, 15) is 14.4 Å². The van der Waals surface area contributed by atoms with Crippen LogP contribution in [0.3, 0.4) is 0 Å². The van der Waals surface area contributed by atoms with Crippen molar-refractivity contribution in [3.8, 4) is 0 Å². The molecule has 0 unspecified atom stereocenters. The van der Waals surface area contributed by atoms with Gasteiger partial charge in [0.15, 0.2) is 11.6 Å². The molecule has 0 heterocycles. The van der Waals surface area contributed by atoms with E-state index in [0.717, 1.165) is 29.7 Å². The third kappa shape index (κ3) is 6.29. The Balaban J connectivity index is 0.000000408. The summed E-state index contributed by atoms with van der Waals surface area (Å²) in [4.78, 5) is 34.9. The molecule has 4 nitrogen and oxygen atoms in total. The van der Waals surface area contributed by atoms with Gasteiger partial charge in [-0.15, -0.1) is 0 Å². The predicted octanol–water partition coefficient (Wildman–Crippen LogP) is 3.03. The Hall–Kier alpha value is -1.97. The largest absolute Gasteiger partial charge is 0.322 e. The minimum atomic E-state index is -0.580. The van der Waals surface area contributed by atoms with Crippen LogP contribution in [0.1, 0.15) is 5.56 Å². The summed E-state index contributed by atoms with van der Waals surface area (Å²) in [5.74, 6) is -0.315. The molecule has 1 aromatic rings. The topological polar surface area (TPSA) is 63.2 Å². The molecule has 2 fully saturated rings. The molecule has 1 N–H and O–H groups in total. The van der Waals surface area contributed by atoms with Crippen LogP contribution in [0.15, 0.2) is 48.1 Å². The fraction of sp³-hybridized carbons (Fsp3) is 0. The summed E-state index contributed by atoms with van der Waals surface area (Å²) in [6, 6.07) is 7.28. The third-order valence-electron chi connectivity index (χ3n) is 3.89. The van der Waals surface area contributed by atoms with Crippen LogP contribution in [-0.2, 0) is 31.5 Å². The molecule has 1 amide bonds. The van der Waals surface area contributed by atoms with E-state index in [1.165, 1.54) is 0 Å². The molecule has 3 aliphatic carbocycles. The molecule has 0 aromatic heterocycles. The maximum Gasteiger partial charge on any atom is 0.259 e. The zero-order valence-corrected chi connectivity index (χ0v) is 15.9. The summed E-state index contributed by atoms with van der Waals surface area (Å²) < 4.78 is 0. The van der Waals surface area contributed by atoms with Crippen molar-refractivity contribution in [1.82, 2.24) is 0 Å². The molecule has 0 bridgehead atoms. The van der Waals surface area contributed by atoms with Crippen molar-refractivity contribution in [2.75, 3.05) is 5.32 Å². The van der Waals surface area contributed by atoms with Gasteiger partial charge in [0, 0.05) is 34.7 Å². The molecule has 28 heavy (non-hydrogen) atoms. The molecule has 140 valence electrons. The van der Waals surface area contributed by atoms with Gasteiger partial charge in [0.2, 0.25) is 0 Å². The second-order valence-electron chi connectivity index (χ2n) is 5.83. The van der Waals surface area contributed by atoms with Crippen LogP contribution in [-0.4, -0.2) is 17.5 Å². The van der Waals surface area contributed by atoms with Gasteiger partial charge in [-0.1, -0.05) is 12.1 Å². The first-order valence-corrected chi connectivity index (χ1v) is 8.42. The monoisotopic (exact) mass is 411 g/mol. The summed E-state index contributed by atoms with van der Waals surface area (Å²) in [6.45, 7) is 0. The standard InChI is InChI=1S/C18H12NO3.C5H5.Fe/c20-15-9-10-17(21)16(11-15)18(22)19-14-7-5-13(6-8-14)12-3-1-2-4-12;1-2-4-5-3-1;/h1-11H,(H,19,22);1-5H;. The van der Waals surface area contributed by atoms with Crippen LogP contribution in [0.5, 0.6) is 0 Å². The minimum Gasteiger partial charge on any atom is -0.322 e. The first-order valence-electron chi connectivity index (χ1n) is 8.42. The average Bonchev–Trinajstić information content (AvgIpc) is 3.41. The number of hydrogen-bond acceptors (Lipinski definition) is 3. The van der Waals surface area contributed by atoms with E-state index in [-0.39, 0.29) is 28.4 Å². The van der Waals surface area contributed by atoms with Crippen molar-refractivity contribution in [1.29, 1.82) is 0 Å². The number of carbonyl (C=O) groups is 3. The van der Waals surface area contributed by atoms with Crippen LogP contribution in [0.25, 0.3) is 0 Å². The quantitative estimate of drug-likeness (QED) is 0.473. The second kappa shape index (κ2) is 11.1. The number of rotatable bonds is 3. The molecule has 4 rings (SSSR count). The van der Waals surface area contributed by atoms with E-state index in [4.69, 9.17) is 0 Å².